The van der Waals surface area contributed by atoms with E-state index in [1.807, 2.05) is 32.3 Å². The Morgan fingerprint density at radius 1 is 1.18 bits per heavy atom. The summed E-state index contributed by atoms with van der Waals surface area (Å²) in [5.41, 5.74) is 1.36. The Bertz CT molecular complexity index is 1410. The number of nitrogens with zero attached hydrogens (tertiary/aromatic N) is 6. The lowest BCUT2D eigenvalue weighted by molar-refractivity contribution is -0.138. The summed E-state index contributed by atoms with van der Waals surface area (Å²) in [5, 5.41) is 18.7. The lowest BCUT2D eigenvalue weighted by atomic mass is 9.88. The average molecular weight is 452 g/mol. The van der Waals surface area contributed by atoms with Gasteiger partial charge in [0.05, 0.1) is 40.9 Å². The maximum absolute atomic E-state index is 13.8. The number of fused-ring (bicyclic) bond motifs is 2. The molecule has 1 atom stereocenters. The number of aromatic nitrogens is 5. The first kappa shape index (κ1) is 21.0. The molecule has 0 fully saturated rings. The molecule has 0 saturated carbocycles. The number of halogens is 3. The zero-order valence-electron chi connectivity index (χ0n) is 17.9. The van der Waals surface area contributed by atoms with Crippen molar-refractivity contribution in [2.75, 3.05) is 0 Å². The van der Waals surface area contributed by atoms with Crippen LogP contribution in [-0.2, 0) is 19.6 Å². The number of aryl methyl sites for hydroxylation is 2. The van der Waals surface area contributed by atoms with Gasteiger partial charge >= 0.3 is 6.18 Å². The molecule has 168 valence electrons. The van der Waals surface area contributed by atoms with Crippen LogP contribution >= 0.6 is 0 Å². The van der Waals surface area contributed by atoms with Crippen molar-refractivity contribution in [1.29, 1.82) is 5.26 Å². The summed E-state index contributed by atoms with van der Waals surface area (Å²) in [4.78, 5) is 4.22. The zero-order valence-corrected chi connectivity index (χ0v) is 17.9. The van der Waals surface area contributed by atoms with Crippen LogP contribution < -0.4 is 4.74 Å². The van der Waals surface area contributed by atoms with Crippen LogP contribution in [-0.4, -0.2) is 24.5 Å². The molecule has 0 N–H and O–H groups in total. The van der Waals surface area contributed by atoms with Gasteiger partial charge in [-0.2, -0.15) is 28.6 Å². The molecule has 10 heteroatoms. The molecule has 1 aromatic carbocycles. The third-order valence-electron chi connectivity index (χ3n) is 5.88. The average Bonchev–Trinajstić information content (AvgIpc) is 3.38. The molecule has 7 nitrogen and oxygen atoms in total. The Balaban J connectivity index is 1.57. The molecule has 0 aliphatic heterocycles. The minimum atomic E-state index is -4.63. The Hall–Kier alpha value is -3.87. The molecule has 33 heavy (non-hydrogen) atoms. The Kier molecular flexibility index (Phi) is 4.85. The van der Waals surface area contributed by atoms with E-state index in [2.05, 4.69) is 15.2 Å². The fourth-order valence-corrected chi connectivity index (χ4v) is 4.39. The fraction of sp³-hybridized carbons (Fsp3) is 0.304. The van der Waals surface area contributed by atoms with E-state index >= 15 is 0 Å². The summed E-state index contributed by atoms with van der Waals surface area (Å²) in [6, 6.07) is 5.40. The maximum atomic E-state index is 13.8. The van der Waals surface area contributed by atoms with Crippen LogP contribution in [0.4, 0.5) is 13.2 Å². The second-order valence-electron chi connectivity index (χ2n) is 8.12. The highest BCUT2D eigenvalue weighted by Crippen LogP contribution is 2.42. The predicted octanol–water partition coefficient (Wildman–Crippen LogP) is 4.81. The Morgan fingerprint density at radius 2 is 2.00 bits per heavy atom. The molecule has 5 rings (SSSR count). The van der Waals surface area contributed by atoms with Gasteiger partial charge in [0, 0.05) is 24.7 Å². The lowest BCUT2D eigenvalue weighted by Crippen LogP contribution is -2.23. The summed E-state index contributed by atoms with van der Waals surface area (Å²) in [7, 11) is 1.81. The molecule has 3 heterocycles. The van der Waals surface area contributed by atoms with Crippen molar-refractivity contribution in [2.45, 2.75) is 38.5 Å². The third-order valence-corrected chi connectivity index (χ3v) is 5.88. The van der Waals surface area contributed by atoms with Crippen LogP contribution in [0.25, 0.3) is 16.6 Å². The van der Waals surface area contributed by atoms with E-state index in [1.54, 1.807) is 27.8 Å². The minimum absolute atomic E-state index is 0.0527. The van der Waals surface area contributed by atoms with Crippen LogP contribution in [0.3, 0.4) is 0 Å². The molecule has 0 spiro atoms. The monoisotopic (exact) mass is 452 g/mol. The van der Waals surface area contributed by atoms with E-state index in [4.69, 9.17) is 4.74 Å². The summed E-state index contributed by atoms with van der Waals surface area (Å²) in [5.74, 6) is 0.547. The Morgan fingerprint density at radius 3 is 2.70 bits per heavy atom. The molecule has 4 aromatic rings. The largest absolute Gasteiger partial charge is 0.484 e. The number of nitriles is 1. The van der Waals surface area contributed by atoms with Gasteiger partial charge in [0.25, 0.3) is 0 Å². The summed E-state index contributed by atoms with van der Waals surface area (Å²) >= 11 is 0. The van der Waals surface area contributed by atoms with Crippen molar-refractivity contribution >= 4 is 10.9 Å². The van der Waals surface area contributed by atoms with Gasteiger partial charge in [0.15, 0.2) is 0 Å². The highest BCUT2D eigenvalue weighted by atomic mass is 19.4. The summed E-state index contributed by atoms with van der Waals surface area (Å²) in [6.45, 7) is 1.88. The van der Waals surface area contributed by atoms with Crippen molar-refractivity contribution in [3.63, 3.8) is 0 Å². The molecule has 0 bridgehead atoms. The lowest BCUT2D eigenvalue weighted by Gasteiger charge is -2.28. The quantitative estimate of drug-likeness (QED) is 0.446. The molecular weight excluding hydrogens is 433 g/mol. The molecule has 0 amide bonds. The van der Waals surface area contributed by atoms with Crippen molar-refractivity contribution in [2.24, 2.45) is 7.05 Å². The number of rotatable bonds is 3. The van der Waals surface area contributed by atoms with Crippen molar-refractivity contribution in [3.8, 4) is 17.5 Å². The molecule has 1 aliphatic rings. The first-order valence-electron chi connectivity index (χ1n) is 10.4. The van der Waals surface area contributed by atoms with Crippen LogP contribution in [0.15, 0.2) is 36.9 Å². The maximum Gasteiger partial charge on any atom is 0.418 e. The molecular formula is C23H19F3N6O. The van der Waals surface area contributed by atoms with E-state index in [1.165, 1.54) is 0 Å². The highest BCUT2D eigenvalue weighted by Gasteiger charge is 2.40. The zero-order chi connectivity index (χ0) is 23.3. The van der Waals surface area contributed by atoms with Gasteiger partial charge in [0.2, 0.25) is 0 Å². The smallest absolute Gasteiger partial charge is 0.418 e. The van der Waals surface area contributed by atoms with Crippen LogP contribution in [0.1, 0.15) is 46.9 Å². The van der Waals surface area contributed by atoms with Crippen LogP contribution in [0.2, 0.25) is 0 Å². The number of ether oxygens (including phenoxy) is 1. The first-order valence-corrected chi connectivity index (χ1v) is 10.4. The third kappa shape index (κ3) is 3.59. The second-order valence-corrected chi connectivity index (χ2v) is 8.12. The Labute approximate surface area is 187 Å². The topological polar surface area (TPSA) is 81.6 Å². The molecule has 1 unspecified atom stereocenters. The van der Waals surface area contributed by atoms with Gasteiger partial charge in [-0.05, 0) is 43.4 Å². The predicted molar refractivity (Wildman–Crippen MR) is 113 cm³/mol. The van der Waals surface area contributed by atoms with E-state index in [-0.39, 0.29) is 17.7 Å². The minimum Gasteiger partial charge on any atom is -0.484 e. The number of hydrogen-bond donors (Lipinski definition) is 0. The molecule has 0 saturated heterocycles. The van der Waals surface area contributed by atoms with E-state index in [0.717, 1.165) is 28.4 Å². The van der Waals surface area contributed by atoms with Gasteiger partial charge in [-0.15, -0.1) is 0 Å². The van der Waals surface area contributed by atoms with Crippen molar-refractivity contribution in [3.05, 3.63) is 64.9 Å². The summed E-state index contributed by atoms with van der Waals surface area (Å²) in [6.07, 6.45) is 2.23. The summed E-state index contributed by atoms with van der Waals surface area (Å²) < 4.78 is 50.9. The van der Waals surface area contributed by atoms with E-state index in [0.29, 0.717) is 18.6 Å². The number of benzene rings is 1. The normalized spacial score (nSPS) is 15.9. The second kappa shape index (κ2) is 7.62. The number of alkyl halides is 3. The molecule has 1 aliphatic carbocycles. The van der Waals surface area contributed by atoms with Crippen molar-refractivity contribution in [1.82, 2.24) is 24.5 Å². The standard InChI is InChI=1S/C23H19F3N6O/c1-13-6-14-10-30-32(16-11-29-31(2)12-16)18(14)7-20(13)33-19-5-3-4-17-21(23(24,25)26)15(8-27)9-28-22(17)19/h6-7,9-12,19H,3-5H2,1-2H3. The number of pyridine rings is 1. The first-order chi connectivity index (χ1) is 15.8. The van der Waals surface area contributed by atoms with Gasteiger partial charge in [-0.3, -0.25) is 9.67 Å². The van der Waals surface area contributed by atoms with E-state index in [9.17, 15) is 18.4 Å². The van der Waals surface area contributed by atoms with E-state index < -0.39 is 23.4 Å². The van der Waals surface area contributed by atoms with Crippen molar-refractivity contribution < 1.29 is 17.9 Å². The van der Waals surface area contributed by atoms with Crippen LogP contribution in [0, 0.1) is 18.3 Å². The molecule has 3 aromatic heterocycles. The fourth-order valence-electron chi connectivity index (χ4n) is 4.39. The van der Waals surface area contributed by atoms with Crippen LogP contribution in [0.5, 0.6) is 5.75 Å². The van der Waals surface area contributed by atoms with Gasteiger partial charge in [-0.25, -0.2) is 4.68 Å². The highest BCUT2D eigenvalue weighted by molar-refractivity contribution is 5.83. The van der Waals surface area contributed by atoms with Gasteiger partial charge in [0.1, 0.15) is 23.6 Å². The molecule has 0 radical (unpaired) electrons. The SMILES string of the molecule is Cc1cc2cnn(-c3cnn(C)c3)c2cc1OC1CCCc2c1ncc(C#N)c2C(F)(F)F. The van der Waals surface area contributed by atoms with Gasteiger partial charge < -0.3 is 4.74 Å². The number of hydrogen-bond acceptors (Lipinski definition) is 5. The van der Waals surface area contributed by atoms with Gasteiger partial charge in [-0.1, -0.05) is 0 Å².